The summed E-state index contributed by atoms with van der Waals surface area (Å²) in [7, 11) is 0. The van der Waals surface area contributed by atoms with E-state index in [9.17, 15) is 14.4 Å². The smallest absolute Gasteiger partial charge is 0.306 e. The van der Waals surface area contributed by atoms with Crippen molar-refractivity contribution in [2.45, 2.75) is 258 Å². The number of carbonyl (C=O) groups is 3. The van der Waals surface area contributed by atoms with Crippen LogP contribution in [0.1, 0.15) is 252 Å². The summed E-state index contributed by atoms with van der Waals surface area (Å²) >= 11 is 0. The van der Waals surface area contributed by atoms with Crippen molar-refractivity contribution in [1.82, 2.24) is 0 Å². The maximum Gasteiger partial charge on any atom is 0.306 e. The van der Waals surface area contributed by atoms with E-state index in [0.29, 0.717) is 19.3 Å². The highest BCUT2D eigenvalue weighted by Gasteiger charge is 2.19. The molecule has 0 N–H and O–H groups in total. The van der Waals surface area contributed by atoms with Gasteiger partial charge in [-0.15, -0.1) is 0 Å². The van der Waals surface area contributed by atoms with Gasteiger partial charge in [0.2, 0.25) is 0 Å². The summed E-state index contributed by atoms with van der Waals surface area (Å²) in [5.74, 6) is -0.957. The lowest BCUT2D eigenvalue weighted by molar-refractivity contribution is -0.167. The molecule has 0 aliphatic rings. The molecule has 0 aromatic rings. The molecule has 0 rings (SSSR count). The summed E-state index contributed by atoms with van der Waals surface area (Å²) in [5, 5.41) is 0. The second-order valence-corrected chi connectivity index (χ2v) is 19.8. The average molecular weight is 1060 g/mol. The van der Waals surface area contributed by atoms with Crippen molar-refractivity contribution in [3.8, 4) is 0 Å². The number of carbonyl (C=O) groups excluding carboxylic acids is 3. The van der Waals surface area contributed by atoms with Crippen LogP contribution >= 0.6 is 0 Å². The molecule has 0 aliphatic carbocycles. The van der Waals surface area contributed by atoms with E-state index in [1.165, 1.54) is 38.5 Å². The van der Waals surface area contributed by atoms with E-state index in [1.807, 2.05) is 0 Å². The largest absolute Gasteiger partial charge is 0.462 e. The summed E-state index contributed by atoms with van der Waals surface area (Å²) in [4.78, 5) is 38.3. The molecular weight excluding hydrogens is 949 g/mol. The minimum absolute atomic E-state index is 0.104. The zero-order valence-electron chi connectivity index (χ0n) is 49.4. The van der Waals surface area contributed by atoms with Gasteiger partial charge in [0.15, 0.2) is 6.10 Å². The van der Waals surface area contributed by atoms with Gasteiger partial charge in [0.25, 0.3) is 0 Å². The second-order valence-electron chi connectivity index (χ2n) is 19.8. The number of ether oxygens (including phenoxy) is 3. The lowest BCUT2D eigenvalue weighted by Gasteiger charge is -2.18. The Morgan fingerprint density at radius 1 is 0.260 bits per heavy atom. The van der Waals surface area contributed by atoms with E-state index in [4.69, 9.17) is 14.2 Å². The van der Waals surface area contributed by atoms with Gasteiger partial charge in [-0.25, -0.2) is 0 Å². The van der Waals surface area contributed by atoms with Crippen molar-refractivity contribution in [2.24, 2.45) is 0 Å². The summed E-state index contributed by atoms with van der Waals surface area (Å²) in [6, 6.07) is 0. The molecule has 0 aromatic heterocycles. The molecule has 0 radical (unpaired) electrons. The van der Waals surface area contributed by atoms with E-state index in [-0.39, 0.29) is 31.1 Å². The molecule has 0 bridgehead atoms. The molecule has 0 heterocycles. The second kappa shape index (κ2) is 63.6. The van der Waals surface area contributed by atoms with E-state index in [0.717, 1.165) is 173 Å². The maximum absolute atomic E-state index is 12.9. The molecule has 432 valence electrons. The minimum atomic E-state index is -0.811. The normalized spacial score (nSPS) is 13.2. The third-order valence-electron chi connectivity index (χ3n) is 12.5. The predicted octanol–water partition coefficient (Wildman–Crippen LogP) is 21.3. The summed E-state index contributed by atoms with van der Waals surface area (Å²) in [5.41, 5.74) is 0. The Labute approximate surface area is 473 Å². The standard InChI is InChI=1S/C71H112O6/c1-4-7-10-13-16-19-22-25-28-31-33-34-35-36-38-40-43-46-49-52-55-58-61-64-70(73)76-67-68(66-75-69(72)63-60-57-54-51-48-45-42-39-30-27-24-21-18-15-12-9-6-3)77-71(74)65-62-59-56-53-50-47-44-41-37-32-29-26-23-20-17-14-11-8-5-2/h7-12,16-21,25-30,33-34,36-38,41,43,46,68H,4-6,13-15,22-24,31-32,35,39-40,42,44-45,47-67H2,1-3H3/b10-7-,11-8-,12-9-,19-16-,20-17-,21-18-,28-25-,29-26-,30-27-,34-33-,38-36-,41-37-,46-43-. The van der Waals surface area contributed by atoms with Crippen LogP contribution in [0.4, 0.5) is 0 Å². The fraction of sp³-hybridized carbons (Fsp3) is 0.592. The first kappa shape index (κ1) is 72.0. The van der Waals surface area contributed by atoms with Crippen molar-refractivity contribution in [2.75, 3.05) is 13.2 Å². The molecule has 0 aromatic carbocycles. The van der Waals surface area contributed by atoms with Gasteiger partial charge in [-0.1, -0.05) is 249 Å². The maximum atomic E-state index is 12.9. The number of hydrogen-bond donors (Lipinski definition) is 0. The SMILES string of the molecule is CC/C=C\C/C=C\C/C=C\C/C=C\C/C=C\C/C=C\CCCCCCC(=O)OCC(COC(=O)CCCCCCCCC/C=C\C/C=C\C/C=C\CC)OC(=O)CCCCCCCC/C=C\C/C=C\C/C=C\C/C=C\CC. The van der Waals surface area contributed by atoms with Crippen LogP contribution in [0.5, 0.6) is 0 Å². The number of esters is 3. The third-order valence-corrected chi connectivity index (χ3v) is 12.5. The summed E-state index contributed by atoms with van der Waals surface area (Å²) in [6.45, 7) is 6.26. The van der Waals surface area contributed by atoms with E-state index in [1.54, 1.807) is 0 Å². The van der Waals surface area contributed by atoms with Crippen LogP contribution in [0.25, 0.3) is 0 Å². The quantitative estimate of drug-likeness (QED) is 0.0261. The zero-order chi connectivity index (χ0) is 55.7. The van der Waals surface area contributed by atoms with Crippen LogP contribution in [0, 0.1) is 0 Å². The van der Waals surface area contributed by atoms with Crippen LogP contribution in [-0.2, 0) is 28.6 Å². The van der Waals surface area contributed by atoms with Gasteiger partial charge in [0.1, 0.15) is 13.2 Å². The third kappa shape index (κ3) is 61.8. The molecule has 0 saturated carbocycles. The Morgan fingerprint density at radius 3 is 0.727 bits per heavy atom. The molecule has 0 fully saturated rings. The molecule has 77 heavy (non-hydrogen) atoms. The van der Waals surface area contributed by atoms with Gasteiger partial charge in [-0.05, 0) is 141 Å². The van der Waals surface area contributed by atoms with Gasteiger partial charge in [-0.2, -0.15) is 0 Å². The number of hydrogen-bond acceptors (Lipinski definition) is 6. The van der Waals surface area contributed by atoms with Gasteiger partial charge < -0.3 is 14.2 Å². The van der Waals surface area contributed by atoms with Crippen molar-refractivity contribution < 1.29 is 28.6 Å². The lowest BCUT2D eigenvalue weighted by atomic mass is 10.1. The molecule has 0 amide bonds. The Hall–Kier alpha value is -4.97. The van der Waals surface area contributed by atoms with Crippen LogP contribution in [0.15, 0.2) is 158 Å². The number of allylic oxidation sites excluding steroid dienone is 26. The van der Waals surface area contributed by atoms with Crippen LogP contribution in [-0.4, -0.2) is 37.2 Å². The van der Waals surface area contributed by atoms with Crippen LogP contribution in [0.2, 0.25) is 0 Å². The molecule has 6 nitrogen and oxygen atoms in total. The van der Waals surface area contributed by atoms with Gasteiger partial charge >= 0.3 is 17.9 Å². The van der Waals surface area contributed by atoms with Gasteiger partial charge in [-0.3, -0.25) is 14.4 Å². The van der Waals surface area contributed by atoms with E-state index in [2.05, 4.69) is 179 Å². The van der Waals surface area contributed by atoms with Crippen molar-refractivity contribution in [1.29, 1.82) is 0 Å². The highest BCUT2D eigenvalue weighted by Crippen LogP contribution is 2.14. The number of unbranched alkanes of at least 4 members (excludes halogenated alkanes) is 17. The molecule has 0 spiro atoms. The van der Waals surface area contributed by atoms with E-state index >= 15 is 0 Å². The highest BCUT2D eigenvalue weighted by atomic mass is 16.6. The lowest BCUT2D eigenvalue weighted by Crippen LogP contribution is -2.30. The van der Waals surface area contributed by atoms with Crippen molar-refractivity contribution in [3.05, 3.63) is 158 Å². The van der Waals surface area contributed by atoms with Crippen LogP contribution < -0.4 is 0 Å². The van der Waals surface area contributed by atoms with Gasteiger partial charge in [0, 0.05) is 19.3 Å². The first-order valence-corrected chi connectivity index (χ1v) is 31.0. The zero-order valence-corrected chi connectivity index (χ0v) is 49.4. The topological polar surface area (TPSA) is 78.9 Å². The molecule has 6 heteroatoms. The first-order valence-electron chi connectivity index (χ1n) is 31.0. The Kier molecular flexibility index (Phi) is 59.5. The fourth-order valence-corrected chi connectivity index (χ4v) is 7.98. The molecular formula is C71H112O6. The van der Waals surface area contributed by atoms with Crippen LogP contribution in [0.3, 0.4) is 0 Å². The van der Waals surface area contributed by atoms with E-state index < -0.39 is 6.10 Å². The Balaban J connectivity index is 4.51. The fourth-order valence-electron chi connectivity index (χ4n) is 7.98. The molecule has 1 unspecified atom stereocenters. The minimum Gasteiger partial charge on any atom is -0.462 e. The average Bonchev–Trinajstić information content (AvgIpc) is 3.43. The molecule has 1 atom stereocenters. The highest BCUT2D eigenvalue weighted by molar-refractivity contribution is 5.71. The Morgan fingerprint density at radius 2 is 0.468 bits per heavy atom. The molecule has 0 aliphatic heterocycles. The first-order chi connectivity index (χ1) is 38.0. The summed E-state index contributed by atoms with van der Waals surface area (Å²) in [6.07, 6.45) is 92.3. The monoisotopic (exact) mass is 1060 g/mol. The number of rotatable bonds is 54. The summed E-state index contributed by atoms with van der Waals surface area (Å²) < 4.78 is 16.9. The van der Waals surface area contributed by atoms with Gasteiger partial charge in [0.05, 0.1) is 0 Å². The predicted molar refractivity (Wildman–Crippen MR) is 334 cm³/mol. The van der Waals surface area contributed by atoms with Crippen molar-refractivity contribution in [3.63, 3.8) is 0 Å². The molecule has 0 saturated heterocycles. The Bertz CT molecular complexity index is 1740. The van der Waals surface area contributed by atoms with Crippen molar-refractivity contribution >= 4 is 17.9 Å².